The molecule has 0 radical (unpaired) electrons. The van der Waals surface area contributed by atoms with Crippen LogP contribution in [0.1, 0.15) is 34.8 Å². The number of ether oxygens (including phenoxy) is 4. The average molecular weight is 479 g/mol. The average Bonchev–Trinajstić information content (AvgIpc) is 2.85. The van der Waals surface area contributed by atoms with Crippen LogP contribution in [0.4, 0.5) is 0 Å². The van der Waals surface area contributed by atoms with E-state index in [0.717, 1.165) is 23.1 Å². The van der Waals surface area contributed by atoms with Crippen molar-refractivity contribution < 1.29 is 39.4 Å². The van der Waals surface area contributed by atoms with E-state index < -0.39 is 37.1 Å². The minimum absolute atomic E-state index is 0.493. The second-order valence-corrected chi connectivity index (χ2v) is 8.98. The number of rotatable bonds is 4. The summed E-state index contributed by atoms with van der Waals surface area (Å²) in [6.07, 6.45) is -4.32. The minimum Gasteiger partial charge on any atom is -0.493 e. The van der Waals surface area contributed by atoms with E-state index in [0.29, 0.717) is 60.5 Å². The number of hydrogen-bond donors (Lipinski definition) is 4. The zero-order valence-electron chi connectivity index (χ0n) is 17.9. The first kappa shape index (κ1) is 22.7. The summed E-state index contributed by atoms with van der Waals surface area (Å²) in [4.78, 5) is 0. The van der Waals surface area contributed by atoms with Crippen LogP contribution in [0.2, 0.25) is 5.02 Å². The normalized spacial score (nSPS) is 28.7. The van der Waals surface area contributed by atoms with Crippen LogP contribution >= 0.6 is 11.6 Å². The predicted octanol–water partition coefficient (Wildman–Crippen LogP) is 1.54. The van der Waals surface area contributed by atoms with Crippen LogP contribution in [0.25, 0.3) is 0 Å². The molecule has 0 spiro atoms. The molecule has 0 aromatic heterocycles. The van der Waals surface area contributed by atoms with Crippen LogP contribution in [0.15, 0.2) is 24.3 Å². The van der Waals surface area contributed by atoms with Gasteiger partial charge >= 0.3 is 0 Å². The Morgan fingerprint density at radius 1 is 0.909 bits per heavy atom. The molecule has 3 heterocycles. The van der Waals surface area contributed by atoms with Crippen molar-refractivity contribution in [2.75, 3.05) is 26.4 Å². The molecule has 4 N–H and O–H groups in total. The SMILES string of the molecule is OCC1OC(c2cc(Cc3ccc4c(c3)OCCO4)c(Cl)c3c2OCCC3)C(O)C(O)C1O. The Bertz CT molecular complexity index is 1030. The Kier molecular flexibility index (Phi) is 6.39. The third-order valence-corrected chi connectivity index (χ3v) is 6.90. The molecule has 3 aliphatic rings. The highest BCUT2D eigenvalue weighted by Gasteiger charge is 2.45. The molecule has 5 unspecified atom stereocenters. The smallest absolute Gasteiger partial charge is 0.161 e. The van der Waals surface area contributed by atoms with Gasteiger partial charge in [-0.05, 0) is 48.6 Å². The molecule has 1 fully saturated rings. The summed E-state index contributed by atoms with van der Waals surface area (Å²) in [5.74, 6) is 1.92. The van der Waals surface area contributed by atoms with Gasteiger partial charge in [-0.2, -0.15) is 0 Å². The zero-order valence-corrected chi connectivity index (χ0v) is 18.7. The molecular weight excluding hydrogens is 452 g/mol. The molecule has 0 aliphatic carbocycles. The summed E-state index contributed by atoms with van der Waals surface area (Å²) >= 11 is 6.81. The Hall–Kier alpha value is -2.07. The van der Waals surface area contributed by atoms with Gasteiger partial charge in [0.1, 0.15) is 49.5 Å². The molecule has 9 heteroatoms. The minimum atomic E-state index is -1.47. The van der Waals surface area contributed by atoms with Gasteiger partial charge < -0.3 is 39.4 Å². The number of aliphatic hydroxyl groups excluding tert-OH is 4. The van der Waals surface area contributed by atoms with E-state index in [1.807, 2.05) is 24.3 Å². The van der Waals surface area contributed by atoms with Gasteiger partial charge in [0, 0.05) is 11.1 Å². The molecule has 2 aromatic carbocycles. The summed E-state index contributed by atoms with van der Waals surface area (Å²) in [5.41, 5.74) is 3.14. The van der Waals surface area contributed by atoms with Crippen LogP contribution in [0.5, 0.6) is 17.2 Å². The number of benzene rings is 2. The highest BCUT2D eigenvalue weighted by molar-refractivity contribution is 6.32. The Labute approximate surface area is 196 Å². The first-order chi connectivity index (χ1) is 16.0. The molecule has 0 amide bonds. The third kappa shape index (κ3) is 4.16. The highest BCUT2D eigenvalue weighted by Crippen LogP contribution is 2.45. The lowest BCUT2D eigenvalue weighted by Gasteiger charge is -2.41. The Morgan fingerprint density at radius 3 is 2.48 bits per heavy atom. The fourth-order valence-electron chi connectivity index (χ4n) is 4.72. The van der Waals surface area contributed by atoms with Gasteiger partial charge in [-0.25, -0.2) is 0 Å². The van der Waals surface area contributed by atoms with Gasteiger partial charge in [0.25, 0.3) is 0 Å². The molecule has 5 rings (SSSR count). The monoisotopic (exact) mass is 478 g/mol. The van der Waals surface area contributed by atoms with E-state index in [4.69, 9.17) is 30.5 Å². The maximum absolute atomic E-state index is 10.7. The van der Waals surface area contributed by atoms with E-state index >= 15 is 0 Å². The molecule has 3 aliphatic heterocycles. The maximum Gasteiger partial charge on any atom is 0.161 e. The van der Waals surface area contributed by atoms with Crippen LogP contribution < -0.4 is 14.2 Å². The molecule has 5 atom stereocenters. The second kappa shape index (κ2) is 9.29. The Morgan fingerprint density at radius 2 is 1.70 bits per heavy atom. The summed E-state index contributed by atoms with van der Waals surface area (Å²) in [6, 6.07) is 7.56. The molecule has 1 saturated heterocycles. The summed E-state index contributed by atoms with van der Waals surface area (Å²) in [6.45, 7) is 1.01. The molecule has 178 valence electrons. The van der Waals surface area contributed by atoms with Crippen molar-refractivity contribution in [2.24, 2.45) is 0 Å². The Balaban J connectivity index is 1.54. The first-order valence-electron chi connectivity index (χ1n) is 11.1. The van der Waals surface area contributed by atoms with E-state index in [2.05, 4.69) is 0 Å². The second-order valence-electron chi connectivity index (χ2n) is 8.60. The van der Waals surface area contributed by atoms with Crippen molar-refractivity contribution >= 4 is 11.6 Å². The third-order valence-electron chi connectivity index (χ3n) is 6.43. The summed E-state index contributed by atoms with van der Waals surface area (Å²) in [7, 11) is 0. The van der Waals surface area contributed by atoms with Gasteiger partial charge in [0.05, 0.1) is 18.2 Å². The molecule has 0 saturated carbocycles. The zero-order chi connectivity index (χ0) is 23.1. The van der Waals surface area contributed by atoms with Crippen molar-refractivity contribution in [1.29, 1.82) is 0 Å². The van der Waals surface area contributed by atoms with E-state index in [1.165, 1.54) is 0 Å². The molecule has 0 bridgehead atoms. The van der Waals surface area contributed by atoms with Crippen molar-refractivity contribution in [2.45, 2.75) is 49.8 Å². The van der Waals surface area contributed by atoms with Crippen LogP contribution in [0, 0.1) is 0 Å². The fraction of sp³-hybridized carbons (Fsp3) is 0.500. The number of halogens is 1. The highest BCUT2D eigenvalue weighted by atomic mass is 35.5. The predicted molar refractivity (Wildman–Crippen MR) is 118 cm³/mol. The van der Waals surface area contributed by atoms with Crippen LogP contribution in [0.3, 0.4) is 0 Å². The van der Waals surface area contributed by atoms with E-state index in [-0.39, 0.29) is 0 Å². The van der Waals surface area contributed by atoms with Gasteiger partial charge in [-0.3, -0.25) is 0 Å². The van der Waals surface area contributed by atoms with Crippen molar-refractivity contribution in [3.05, 3.63) is 51.5 Å². The topological polar surface area (TPSA) is 118 Å². The summed E-state index contributed by atoms with van der Waals surface area (Å²) < 4.78 is 23.1. The number of hydrogen-bond acceptors (Lipinski definition) is 8. The number of aliphatic hydroxyl groups is 4. The molecular formula is C24H27ClO8. The quantitative estimate of drug-likeness (QED) is 0.523. The van der Waals surface area contributed by atoms with Crippen molar-refractivity contribution in [3.8, 4) is 17.2 Å². The molecule has 8 nitrogen and oxygen atoms in total. The lowest BCUT2D eigenvalue weighted by atomic mass is 9.87. The van der Waals surface area contributed by atoms with Crippen LogP contribution in [-0.2, 0) is 17.6 Å². The fourth-order valence-corrected chi connectivity index (χ4v) is 5.02. The van der Waals surface area contributed by atoms with Crippen molar-refractivity contribution in [1.82, 2.24) is 0 Å². The first-order valence-corrected chi connectivity index (χ1v) is 11.5. The number of fused-ring (bicyclic) bond motifs is 2. The van der Waals surface area contributed by atoms with E-state index in [9.17, 15) is 20.4 Å². The maximum atomic E-state index is 10.7. The van der Waals surface area contributed by atoms with Gasteiger partial charge in [0.15, 0.2) is 11.5 Å². The largest absolute Gasteiger partial charge is 0.493 e. The summed E-state index contributed by atoms with van der Waals surface area (Å²) in [5, 5.41) is 41.4. The standard InChI is InChI=1S/C24H27ClO8/c25-19-13(8-12-3-4-16-17(9-12)31-7-6-30-16)10-15(23-14(19)2-1-5-32-23)24-22(29)21(28)20(27)18(11-26)33-24/h3-4,9-10,18,20-22,24,26-29H,1-2,5-8,11H2. The van der Waals surface area contributed by atoms with Crippen LogP contribution in [-0.4, -0.2) is 71.3 Å². The van der Waals surface area contributed by atoms with Gasteiger partial charge in [0.2, 0.25) is 0 Å². The van der Waals surface area contributed by atoms with Gasteiger partial charge in [-0.1, -0.05) is 17.7 Å². The van der Waals surface area contributed by atoms with E-state index in [1.54, 1.807) is 0 Å². The lowest BCUT2D eigenvalue weighted by molar-refractivity contribution is -0.232. The molecule has 33 heavy (non-hydrogen) atoms. The van der Waals surface area contributed by atoms with Gasteiger partial charge in [-0.15, -0.1) is 0 Å². The van der Waals surface area contributed by atoms with Crippen molar-refractivity contribution in [3.63, 3.8) is 0 Å². The lowest BCUT2D eigenvalue weighted by Crippen LogP contribution is -2.55. The molecule has 2 aromatic rings.